The van der Waals surface area contributed by atoms with Gasteiger partial charge in [-0.25, -0.2) is 8.78 Å². The third kappa shape index (κ3) is 2.26. The number of hydrogen-bond donors (Lipinski definition) is 0. The fourth-order valence-corrected chi connectivity index (χ4v) is 1.39. The Balaban J connectivity index is 3.52. The van der Waals surface area contributed by atoms with Crippen molar-refractivity contribution in [3.63, 3.8) is 0 Å². The summed E-state index contributed by atoms with van der Waals surface area (Å²) in [7, 11) is -4.28. The molecule has 0 heterocycles. The van der Waals surface area contributed by atoms with Crippen molar-refractivity contribution in [2.45, 2.75) is 6.92 Å². The van der Waals surface area contributed by atoms with E-state index in [2.05, 4.69) is 4.18 Å². The van der Waals surface area contributed by atoms with Crippen molar-refractivity contribution in [1.82, 2.24) is 0 Å². The van der Waals surface area contributed by atoms with Gasteiger partial charge < -0.3 is 4.18 Å². The van der Waals surface area contributed by atoms with Crippen LogP contribution in [0.5, 0.6) is 5.75 Å². The second kappa shape index (κ2) is 3.93. The highest BCUT2D eigenvalue weighted by atomic mass is 32.2. The average molecular weight is 258 g/mol. The van der Waals surface area contributed by atoms with Crippen molar-refractivity contribution in [2.75, 3.05) is 6.26 Å². The van der Waals surface area contributed by atoms with Gasteiger partial charge in [0.1, 0.15) is 0 Å². The molecule has 0 unspecified atom stereocenters. The molecule has 0 saturated heterocycles. The third-order valence-corrected chi connectivity index (χ3v) is 2.15. The zero-order valence-corrected chi connectivity index (χ0v) is 8.96. The summed E-state index contributed by atoms with van der Waals surface area (Å²) in [6.07, 6.45) is 0.488. The van der Waals surface area contributed by atoms with E-state index in [1.54, 1.807) is 0 Å². The first-order valence-electron chi connectivity index (χ1n) is 3.87. The first-order valence-corrected chi connectivity index (χ1v) is 5.68. The molecule has 0 atom stereocenters. The molecule has 16 heavy (non-hydrogen) atoms. The quantitative estimate of drug-likeness (QED) is 0.462. The summed E-state index contributed by atoms with van der Waals surface area (Å²) in [5.41, 5.74) is -0.893. The minimum atomic E-state index is -4.28. The highest BCUT2D eigenvalue weighted by Gasteiger charge is 2.26. The summed E-state index contributed by atoms with van der Waals surface area (Å²) in [6, 6.07) is 0. The predicted molar refractivity (Wildman–Crippen MR) is 46.5 cm³/mol. The van der Waals surface area contributed by atoms with E-state index < -0.39 is 44.7 Å². The van der Waals surface area contributed by atoms with Gasteiger partial charge in [-0.1, -0.05) is 0 Å². The van der Waals surface area contributed by atoms with E-state index in [0.29, 0.717) is 6.26 Å². The van der Waals surface area contributed by atoms with Crippen molar-refractivity contribution in [3.05, 3.63) is 28.8 Å². The number of rotatable bonds is 2. The number of hydrogen-bond acceptors (Lipinski definition) is 3. The molecule has 1 aromatic carbocycles. The highest BCUT2D eigenvalue weighted by Crippen LogP contribution is 2.30. The van der Waals surface area contributed by atoms with Gasteiger partial charge in [0.15, 0.2) is 11.6 Å². The summed E-state index contributed by atoms with van der Waals surface area (Å²) < 4.78 is 77.1. The van der Waals surface area contributed by atoms with Crippen molar-refractivity contribution >= 4 is 10.1 Å². The average Bonchev–Trinajstić information content (AvgIpc) is 2.17. The Kier molecular flexibility index (Phi) is 3.13. The summed E-state index contributed by atoms with van der Waals surface area (Å²) in [4.78, 5) is 0. The van der Waals surface area contributed by atoms with Crippen LogP contribution in [-0.2, 0) is 10.1 Å². The molecule has 0 amide bonds. The van der Waals surface area contributed by atoms with Crippen LogP contribution in [0.1, 0.15) is 5.56 Å². The van der Waals surface area contributed by atoms with E-state index in [-0.39, 0.29) is 0 Å². The number of halogens is 4. The maximum Gasteiger partial charge on any atom is 0.306 e. The Bertz CT molecular complexity index is 510. The fraction of sp³-hybridized carbons (Fsp3) is 0.250. The Morgan fingerprint density at radius 3 is 1.62 bits per heavy atom. The smallest absolute Gasteiger partial charge is 0.306 e. The molecule has 0 aliphatic heterocycles. The van der Waals surface area contributed by atoms with Crippen molar-refractivity contribution in [3.8, 4) is 5.75 Å². The van der Waals surface area contributed by atoms with Crippen LogP contribution in [0.2, 0.25) is 0 Å². The van der Waals surface area contributed by atoms with Crippen LogP contribution in [0, 0.1) is 30.2 Å². The van der Waals surface area contributed by atoms with Crippen LogP contribution in [0.25, 0.3) is 0 Å². The van der Waals surface area contributed by atoms with Gasteiger partial charge >= 0.3 is 10.1 Å². The SMILES string of the molecule is Cc1c(F)c(F)c(OS(C)(=O)=O)c(F)c1F. The molecular formula is C8H6F4O3S. The zero-order chi connectivity index (χ0) is 12.7. The summed E-state index contributed by atoms with van der Waals surface area (Å²) >= 11 is 0. The van der Waals surface area contributed by atoms with Crippen LogP contribution < -0.4 is 4.18 Å². The van der Waals surface area contributed by atoms with E-state index in [9.17, 15) is 26.0 Å². The monoisotopic (exact) mass is 258 g/mol. The van der Waals surface area contributed by atoms with Crippen LogP contribution in [-0.4, -0.2) is 14.7 Å². The van der Waals surface area contributed by atoms with Gasteiger partial charge in [0.2, 0.25) is 17.4 Å². The Morgan fingerprint density at radius 1 is 0.938 bits per heavy atom. The van der Waals surface area contributed by atoms with E-state index in [4.69, 9.17) is 0 Å². The first kappa shape index (κ1) is 12.8. The molecule has 90 valence electrons. The second-order valence-electron chi connectivity index (χ2n) is 3.00. The molecule has 0 aliphatic carbocycles. The molecule has 1 aromatic rings. The Morgan fingerprint density at radius 2 is 1.31 bits per heavy atom. The Hall–Kier alpha value is -1.31. The molecule has 0 saturated carbocycles. The molecule has 0 fully saturated rings. The molecule has 0 aromatic heterocycles. The highest BCUT2D eigenvalue weighted by molar-refractivity contribution is 7.86. The topological polar surface area (TPSA) is 43.4 Å². The minimum Gasteiger partial charge on any atom is -0.376 e. The molecule has 1 rings (SSSR count). The lowest BCUT2D eigenvalue weighted by Crippen LogP contribution is -2.11. The first-order chi connectivity index (χ1) is 7.15. The predicted octanol–water partition coefficient (Wildman–Crippen LogP) is 1.89. The molecule has 8 heteroatoms. The summed E-state index contributed by atoms with van der Waals surface area (Å²) in [6.45, 7) is 0.807. The van der Waals surface area contributed by atoms with Crippen LogP contribution in [0.15, 0.2) is 0 Å². The van der Waals surface area contributed by atoms with Gasteiger partial charge in [-0.05, 0) is 6.92 Å². The lowest BCUT2D eigenvalue weighted by atomic mass is 10.2. The van der Waals surface area contributed by atoms with Gasteiger partial charge in [0, 0.05) is 5.56 Å². The second-order valence-corrected chi connectivity index (χ2v) is 4.57. The van der Waals surface area contributed by atoms with E-state index in [1.807, 2.05) is 0 Å². The fourth-order valence-electron chi connectivity index (χ4n) is 0.946. The van der Waals surface area contributed by atoms with Gasteiger partial charge in [-0.3, -0.25) is 0 Å². The number of benzene rings is 1. The molecule has 0 aliphatic rings. The molecule has 0 bridgehead atoms. The minimum absolute atomic E-state index is 0.488. The largest absolute Gasteiger partial charge is 0.376 e. The summed E-state index contributed by atoms with van der Waals surface area (Å²) in [5, 5.41) is 0. The standard InChI is InChI=1S/C8H6F4O3S/c1-3-4(9)6(11)8(7(12)5(3)10)15-16(2,13)14/h1-2H3. The molecule has 0 N–H and O–H groups in total. The Labute approximate surface area is 88.8 Å². The normalized spacial score (nSPS) is 11.6. The van der Waals surface area contributed by atoms with Crippen LogP contribution in [0.3, 0.4) is 0 Å². The lowest BCUT2D eigenvalue weighted by Gasteiger charge is -2.08. The van der Waals surface area contributed by atoms with Crippen molar-refractivity contribution in [2.24, 2.45) is 0 Å². The van der Waals surface area contributed by atoms with E-state index >= 15 is 0 Å². The van der Waals surface area contributed by atoms with Gasteiger partial charge in [0.05, 0.1) is 6.26 Å². The zero-order valence-electron chi connectivity index (χ0n) is 8.14. The van der Waals surface area contributed by atoms with Crippen LogP contribution >= 0.6 is 0 Å². The lowest BCUT2D eigenvalue weighted by molar-refractivity contribution is 0.386. The maximum absolute atomic E-state index is 13.1. The van der Waals surface area contributed by atoms with E-state index in [0.717, 1.165) is 6.92 Å². The maximum atomic E-state index is 13.1. The van der Waals surface area contributed by atoms with Crippen molar-refractivity contribution < 1.29 is 30.2 Å². The molecular weight excluding hydrogens is 252 g/mol. The van der Waals surface area contributed by atoms with Crippen molar-refractivity contribution in [1.29, 1.82) is 0 Å². The van der Waals surface area contributed by atoms with Gasteiger partial charge in [-0.15, -0.1) is 0 Å². The van der Waals surface area contributed by atoms with Gasteiger partial charge in [0.25, 0.3) is 0 Å². The van der Waals surface area contributed by atoms with Gasteiger partial charge in [-0.2, -0.15) is 17.2 Å². The molecule has 0 radical (unpaired) electrons. The molecule has 3 nitrogen and oxygen atoms in total. The molecule has 0 spiro atoms. The third-order valence-electron chi connectivity index (χ3n) is 1.68. The van der Waals surface area contributed by atoms with E-state index in [1.165, 1.54) is 0 Å². The van der Waals surface area contributed by atoms with Crippen LogP contribution in [0.4, 0.5) is 17.6 Å². The summed E-state index contributed by atoms with van der Waals surface area (Å²) in [5.74, 6) is -8.78.